The Kier molecular flexibility index (Phi) is 5.01. The van der Waals surface area contributed by atoms with E-state index >= 15 is 0 Å². The van der Waals surface area contributed by atoms with Crippen LogP contribution in [0, 0.1) is 0 Å². The van der Waals surface area contributed by atoms with Gasteiger partial charge in [0.05, 0.1) is 13.2 Å². The maximum Gasteiger partial charge on any atom is 0.161 e. The molecule has 0 bridgehead atoms. The number of aryl methyl sites for hydroxylation is 1. The molecule has 0 atom stereocenters. The van der Waals surface area contributed by atoms with Gasteiger partial charge < -0.3 is 14.3 Å². The van der Waals surface area contributed by atoms with Crippen molar-refractivity contribution in [2.75, 3.05) is 7.11 Å². The molecule has 94 valence electrons. The van der Waals surface area contributed by atoms with Crippen LogP contribution in [0.1, 0.15) is 32.8 Å². The van der Waals surface area contributed by atoms with Crippen molar-refractivity contribution in [2.24, 2.45) is 0 Å². The monoisotopic (exact) mass is 236 g/mol. The molecule has 0 aliphatic rings. The van der Waals surface area contributed by atoms with Gasteiger partial charge in [0.2, 0.25) is 0 Å². The number of ketones is 1. The maximum atomic E-state index is 10.9. The summed E-state index contributed by atoms with van der Waals surface area (Å²) in [5.41, 5.74) is 1.09. The van der Waals surface area contributed by atoms with Crippen molar-refractivity contribution in [1.29, 1.82) is 0 Å². The summed E-state index contributed by atoms with van der Waals surface area (Å²) >= 11 is 0. The first-order valence-electron chi connectivity index (χ1n) is 5.86. The molecular formula is C14H20O3. The second-order valence-electron chi connectivity index (χ2n) is 4.35. The van der Waals surface area contributed by atoms with Gasteiger partial charge in [-0.2, -0.15) is 0 Å². The molecule has 3 heteroatoms. The minimum atomic E-state index is 0.118. The Morgan fingerprint density at radius 2 is 2.00 bits per heavy atom. The topological polar surface area (TPSA) is 35.5 Å². The van der Waals surface area contributed by atoms with Gasteiger partial charge >= 0.3 is 0 Å². The molecular weight excluding hydrogens is 216 g/mol. The van der Waals surface area contributed by atoms with Gasteiger partial charge in [0.25, 0.3) is 0 Å². The summed E-state index contributed by atoms with van der Waals surface area (Å²) in [7, 11) is 1.62. The smallest absolute Gasteiger partial charge is 0.161 e. The van der Waals surface area contributed by atoms with Crippen molar-refractivity contribution in [3.8, 4) is 11.5 Å². The van der Waals surface area contributed by atoms with Crippen LogP contribution in [0.5, 0.6) is 11.5 Å². The van der Waals surface area contributed by atoms with Crippen LogP contribution in [0.25, 0.3) is 0 Å². The van der Waals surface area contributed by atoms with Crippen molar-refractivity contribution < 1.29 is 14.3 Å². The molecule has 0 heterocycles. The third-order valence-electron chi connectivity index (χ3n) is 2.36. The predicted octanol–water partition coefficient (Wildman–Crippen LogP) is 3.00. The summed E-state index contributed by atoms with van der Waals surface area (Å²) in [4.78, 5) is 10.9. The molecule has 0 aromatic heterocycles. The van der Waals surface area contributed by atoms with E-state index in [1.165, 1.54) is 0 Å². The number of hydrogen-bond donors (Lipinski definition) is 0. The van der Waals surface area contributed by atoms with Crippen LogP contribution in [-0.4, -0.2) is 19.0 Å². The standard InChI is InChI=1S/C14H20O3/c1-10(2)17-13-8-7-12(6-5-11(3)15)9-14(13)16-4/h7-10H,5-6H2,1-4H3. The largest absolute Gasteiger partial charge is 0.493 e. The highest BCUT2D eigenvalue weighted by atomic mass is 16.5. The molecule has 0 N–H and O–H groups in total. The van der Waals surface area contributed by atoms with Gasteiger partial charge in [0.1, 0.15) is 5.78 Å². The maximum absolute atomic E-state index is 10.9. The first-order valence-corrected chi connectivity index (χ1v) is 5.86. The molecule has 0 saturated heterocycles. The van der Waals surface area contributed by atoms with Gasteiger partial charge in [0.15, 0.2) is 11.5 Å². The van der Waals surface area contributed by atoms with E-state index in [0.29, 0.717) is 6.42 Å². The van der Waals surface area contributed by atoms with Crippen molar-refractivity contribution in [1.82, 2.24) is 0 Å². The van der Waals surface area contributed by atoms with E-state index in [1.54, 1.807) is 14.0 Å². The number of hydrogen-bond acceptors (Lipinski definition) is 3. The van der Waals surface area contributed by atoms with Gasteiger partial charge in [-0.05, 0) is 44.9 Å². The molecule has 1 aromatic rings. The van der Waals surface area contributed by atoms with Crippen LogP contribution in [0.4, 0.5) is 0 Å². The lowest BCUT2D eigenvalue weighted by molar-refractivity contribution is -0.116. The molecule has 0 unspecified atom stereocenters. The normalized spacial score (nSPS) is 10.4. The first-order chi connectivity index (χ1) is 8.02. The van der Waals surface area contributed by atoms with Gasteiger partial charge in [-0.15, -0.1) is 0 Å². The van der Waals surface area contributed by atoms with E-state index in [2.05, 4.69) is 0 Å². The Morgan fingerprint density at radius 1 is 1.29 bits per heavy atom. The third-order valence-corrected chi connectivity index (χ3v) is 2.36. The molecule has 0 spiro atoms. The molecule has 1 rings (SSSR count). The number of methoxy groups -OCH3 is 1. The summed E-state index contributed by atoms with van der Waals surface area (Å²) in [5.74, 6) is 1.67. The second kappa shape index (κ2) is 6.28. The molecule has 0 radical (unpaired) electrons. The number of carbonyl (C=O) groups excluding carboxylic acids is 1. The Bertz CT molecular complexity index is 383. The highest BCUT2D eigenvalue weighted by Gasteiger charge is 2.07. The van der Waals surface area contributed by atoms with E-state index in [4.69, 9.17) is 9.47 Å². The highest BCUT2D eigenvalue weighted by molar-refractivity contribution is 5.75. The Morgan fingerprint density at radius 3 is 2.53 bits per heavy atom. The molecule has 0 saturated carbocycles. The summed E-state index contributed by atoms with van der Waals surface area (Å²) in [6, 6.07) is 5.80. The fourth-order valence-electron chi connectivity index (χ4n) is 1.54. The number of rotatable bonds is 6. The summed E-state index contributed by atoms with van der Waals surface area (Å²) in [6.45, 7) is 5.56. The first kappa shape index (κ1) is 13.6. The zero-order valence-corrected chi connectivity index (χ0v) is 10.9. The lowest BCUT2D eigenvalue weighted by Crippen LogP contribution is -2.07. The van der Waals surface area contributed by atoms with Crippen LogP contribution >= 0.6 is 0 Å². The molecule has 0 aliphatic carbocycles. The zero-order chi connectivity index (χ0) is 12.8. The number of Topliss-reactive ketones (excluding diaryl/α,β-unsaturated/α-hetero) is 1. The Hall–Kier alpha value is -1.51. The minimum Gasteiger partial charge on any atom is -0.493 e. The van der Waals surface area contributed by atoms with Crippen molar-refractivity contribution in [2.45, 2.75) is 39.7 Å². The van der Waals surface area contributed by atoms with E-state index < -0.39 is 0 Å². The van der Waals surface area contributed by atoms with E-state index in [-0.39, 0.29) is 11.9 Å². The van der Waals surface area contributed by atoms with Crippen LogP contribution in [0.3, 0.4) is 0 Å². The van der Waals surface area contributed by atoms with Crippen LogP contribution in [0.2, 0.25) is 0 Å². The predicted molar refractivity (Wildman–Crippen MR) is 67.8 cm³/mol. The number of carbonyl (C=O) groups is 1. The molecule has 0 amide bonds. The van der Waals surface area contributed by atoms with Crippen molar-refractivity contribution in [3.63, 3.8) is 0 Å². The van der Waals surface area contributed by atoms with Crippen molar-refractivity contribution >= 4 is 5.78 Å². The number of ether oxygens (including phenoxy) is 2. The average molecular weight is 236 g/mol. The van der Waals surface area contributed by atoms with Gasteiger partial charge in [0, 0.05) is 6.42 Å². The molecule has 0 aliphatic heterocycles. The van der Waals surface area contributed by atoms with Crippen LogP contribution in [0.15, 0.2) is 18.2 Å². The lowest BCUT2D eigenvalue weighted by atomic mass is 10.1. The minimum absolute atomic E-state index is 0.118. The Labute approximate surface area is 103 Å². The summed E-state index contributed by atoms with van der Waals surface area (Å²) in [5, 5.41) is 0. The van der Waals surface area contributed by atoms with Crippen LogP contribution < -0.4 is 9.47 Å². The number of benzene rings is 1. The summed E-state index contributed by atoms with van der Waals surface area (Å²) < 4.78 is 10.9. The van der Waals surface area contributed by atoms with Crippen molar-refractivity contribution in [3.05, 3.63) is 23.8 Å². The zero-order valence-electron chi connectivity index (χ0n) is 10.9. The average Bonchev–Trinajstić information content (AvgIpc) is 2.26. The van der Waals surface area contributed by atoms with Gasteiger partial charge in [-0.3, -0.25) is 0 Å². The highest BCUT2D eigenvalue weighted by Crippen LogP contribution is 2.29. The molecule has 17 heavy (non-hydrogen) atoms. The third kappa shape index (κ3) is 4.47. The SMILES string of the molecule is COc1cc(CCC(C)=O)ccc1OC(C)C. The lowest BCUT2D eigenvalue weighted by Gasteiger charge is -2.14. The second-order valence-corrected chi connectivity index (χ2v) is 4.35. The fourth-order valence-corrected chi connectivity index (χ4v) is 1.54. The van der Waals surface area contributed by atoms with Crippen LogP contribution in [-0.2, 0) is 11.2 Å². The van der Waals surface area contributed by atoms with E-state index in [0.717, 1.165) is 23.5 Å². The Balaban J connectivity index is 2.80. The summed E-state index contributed by atoms with van der Waals surface area (Å²) in [6.07, 6.45) is 1.42. The molecule has 0 fully saturated rings. The van der Waals surface area contributed by atoms with E-state index in [9.17, 15) is 4.79 Å². The van der Waals surface area contributed by atoms with E-state index in [1.807, 2.05) is 32.0 Å². The van der Waals surface area contributed by atoms with Gasteiger partial charge in [-0.1, -0.05) is 6.07 Å². The molecule has 1 aromatic carbocycles. The molecule has 3 nitrogen and oxygen atoms in total. The van der Waals surface area contributed by atoms with Gasteiger partial charge in [-0.25, -0.2) is 0 Å². The quantitative estimate of drug-likeness (QED) is 0.761. The fraction of sp³-hybridized carbons (Fsp3) is 0.500.